The topological polar surface area (TPSA) is 50.4 Å². The van der Waals surface area contributed by atoms with Gasteiger partial charge < -0.3 is 15.4 Å². The lowest BCUT2D eigenvalue weighted by Crippen LogP contribution is -2.44. The molecular weight excluding hydrogens is 260 g/mol. The maximum atomic E-state index is 12.3. The number of likely N-dealkylation sites (N-methyl/N-ethyl adjacent to an activating group) is 1. The molecule has 4 nitrogen and oxygen atoms in total. The Morgan fingerprint density at radius 2 is 2.32 bits per heavy atom. The van der Waals surface area contributed by atoms with Crippen molar-refractivity contribution in [1.82, 2.24) is 10.6 Å². The minimum Gasteiger partial charge on any atom is -0.379 e. The predicted octanol–water partition coefficient (Wildman–Crippen LogP) is 1.86. The van der Waals surface area contributed by atoms with Crippen LogP contribution in [0.4, 0.5) is 0 Å². The molecule has 3 unspecified atom stereocenters. The molecular formula is C14H22N2O2S. The first-order valence-corrected chi connectivity index (χ1v) is 7.61. The van der Waals surface area contributed by atoms with Crippen LogP contribution in [-0.4, -0.2) is 31.7 Å². The third kappa shape index (κ3) is 3.55. The van der Waals surface area contributed by atoms with Gasteiger partial charge in [-0.15, -0.1) is 11.3 Å². The van der Waals surface area contributed by atoms with Gasteiger partial charge >= 0.3 is 0 Å². The molecule has 19 heavy (non-hydrogen) atoms. The fraction of sp³-hybridized carbons (Fsp3) is 0.643. The number of thiophene rings is 1. The number of carbonyl (C=O) groups excluding carboxylic acids is 1. The molecule has 0 aromatic carbocycles. The standard InChI is InChI=1S/C14H22N2O2S/c1-4-15-12-8-18-7-11(12)14(17)16-10(3)13-6-5-9(2)19-13/h5-6,10-12,15H,4,7-8H2,1-3H3,(H,16,17). The highest BCUT2D eigenvalue weighted by Crippen LogP contribution is 2.23. The van der Waals surface area contributed by atoms with E-state index in [4.69, 9.17) is 4.74 Å². The van der Waals surface area contributed by atoms with E-state index < -0.39 is 0 Å². The van der Waals surface area contributed by atoms with Crippen molar-refractivity contribution in [2.45, 2.75) is 32.9 Å². The average Bonchev–Trinajstić information content (AvgIpc) is 2.98. The highest BCUT2D eigenvalue weighted by atomic mass is 32.1. The normalized spacial score (nSPS) is 24.4. The fourth-order valence-electron chi connectivity index (χ4n) is 2.35. The van der Waals surface area contributed by atoms with E-state index in [0.29, 0.717) is 13.2 Å². The summed E-state index contributed by atoms with van der Waals surface area (Å²) in [6.07, 6.45) is 0. The van der Waals surface area contributed by atoms with Crippen molar-refractivity contribution in [3.8, 4) is 0 Å². The SMILES string of the molecule is CCNC1COCC1C(=O)NC(C)c1ccc(C)s1. The van der Waals surface area contributed by atoms with Crippen molar-refractivity contribution in [1.29, 1.82) is 0 Å². The maximum absolute atomic E-state index is 12.3. The van der Waals surface area contributed by atoms with Gasteiger partial charge in [-0.25, -0.2) is 0 Å². The Bertz CT molecular complexity index is 433. The van der Waals surface area contributed by atoms with Crippen LogP contribution in [0.1, 0.15) is 29.6 Å². The quantitative estimate of drug-likeness (QED) is 0.866. The number of carbonyl (C=O) groups is 1. The van der Waals surface area contributed by atoms with Gasteiger partial charge in [-0.3, -0.25) is 4.79 Å². The lowest BCUT2D eigenvalue weighted by atomic mass is 10.0. The summed E-state index contributed by atoms with van der Waals surface area (Å²) in [7, 11) is 0. The summed E-state index contributed by atoms with van der Waals surface area (Å²) in [5.41, 5.74) is 0. The Morgan fingerprint density at radius 3 is 2.95 bits per heavy atom. The molecule has 0 saturated carbocycles. The van der Waals surface area contributed by atoms with E-state index in [0.717, 1.165) is 6.54 Å². The molecule has 1 saturated heterocycles. The molecule has 2 heterocycles. The lowest BCUT2D eigenvalue weighted by Gasteiger charge is -2.20. The van der Waals surface area contributed by atoms with E-state index in [1.54, 1.807) is 11.3 Å². The minimum absolute atomic E-state index is 0.0640. The van der Waals surface area contributed by atoms with Crippen LogP contribution in [0.25, 0.3) is 0 Å². The molecule has 0 radical (unpaired) electrons. The molecule has 1 amide bonds. The molecule has 1 aliphatic rings. The average molecular weight is 282 g/mol. The molecule has 2 rings (SSSR count). The third-order valence-corrected chi connectivity index (χ3v) is 4.61. The zero-order valence-corrected chi connectivity index (χ0v) is 12.5. The van der Waals surface area contributed by atoms with E-state index in [1.165, 1.54) is 9.75 Å². The second-order valence-electron chi connectivity index (χ2n) is 4.99. The van der Waals surface area contributed by atoms with Crippen LogP contribution in [0.2, 0.25) is 0 Å². The van der Waals surface area contributed by atoms with Crippen molar-refractivity contribution in [3.63, 3.8) is 0 Å². The number of nitrogens with one attached hydrogen (secondary N) is 2. The Labute approximate surface area is 118 Å². The number of amides is 1. The summed E-state index contributed by atoms with van der Waals surface area (Å²) in [5.74, 6) is 0.00506. The first kappa shape index (κ1) is 14.5. The molecule has 106 valence electrons. The largest absolute Gasteiger partial charge is 0.379 e. The highest BCUT2D eigenvalue weighted by molar-refractivity contribution is 7.12. The molecule has 0 aliphatic carbocycles. The number of rotatable bonds is 5. The van der Waals surface area contributed by atoms with Gasteiger partial charge in [0.25, 0.3) is 0 Å². The smallest absolute Gasteiger partial charge is 0.227 e. The third-order valence-electron chi connectivity index (χ3n) is 3.43. The van der Waals surface area contributed by atoms with Crippen molar-refractivity contribution in [2.24, 2.45) is 5.92 Å². The van der Waals surface area contributed by atoms with Gasteiger partial charge in [0.05, 0.1) is 25.2 Å². The van der Waals surface area contributed by atoms with E-state index in [-0.39, 0.29) is 23.9 Å². The molecule has 1 aliphatic heterocycles. The van der Waals surface area contributed by atoms with Crippen molar-refractivity contribution >= 4 is 17.2 Å². The zero-order chi connectivity index (χ0) is 13.8. The number of hydrogen-bond acceptors (Lipinski definition) is 4. The molecule has 1 aromatic rings. The molecule has 1 aromatic heterocycles. The number of hydrogen-bond donors (Lipinski definition) is 2. The van der Waals surface area contributed by atoms with E-state index in [9.17, 15) is 4.79 Å². The molecule has 2 N–H and O–H groups in total. The Balaban J connectivity index is 1.93. The van der Waals surface area contributed by atoms with Crippen LogP contribution in [0.3, 0.4) is 0 Å². The summed E-state index contributed by atoms with van der Waals surface area (Å²) in [6, 6.07) is 4.37. The first-order valence-electron chi connectivity index (χ1n) is 6.79. The summed E-state index contributed by atoms with van der Waals surface area (Å²) in [4.78, 5) is 14.8. The first-order chi connectivity index (χ1) is 9.11. The monoisotopic (exact) mass is 282 g/mol. The zero-order valence-electron chi connectivity index (χ0n) is 11.7. The highest BCUT2D eigenvalue weighted by Gasteiger charge is 2.34. The second-order valence-corrected chi connectivity index (χ2v) is 6.31. The predicted molar refractivity (Wildman–Crippen MR) is 77.4 cm³/mol. The van der Waals surface area contributed by atoms with Crippen molar-refractivity contribution in [2.75, 3.05) is 19.8 Å². The summed E-state index contributed by atoms with van der Waals surface area (Å²) in [6.45, 7) is 8.15. The number of ether oxygens (including phenoxy) is 1. The Kier molecular flexibility index (Phi) is 4.96. The minimum atomic E-state index is -0.0801. The van der Waals surface area contributed by atoms with Gasteiger partial charge in [0.1, 0.15) is 0 Å². The molecule has 5 heteroatoms. The van der Waals surface area contributed by atoms with E-state index in [1.807, 2.05) is 13.8 Å². The summed E-state index contributed by atoms with van der Waals surface area (Å²) >= 11 is 1.73. The van der Waals surface area contributed by atoms with Crippen LogP contribution in [0.5, 0.6) is 0 Å². The van der Waals surface area contributed by atoms with Gasteiger partial charge in [-0.1, -0.05) is 6.92 Å². The molecule has 3 atom stereocenters. The maximum Gasteiger partial charge on any atom is 0.227 e. The van der Waals surface area contributed by atoms with E-state index >= 15 is 0 Å². The van der Waals surface area contributed by atoms with Gasteiger partial charge in [-0.2, -0.15) is 0 Å². The van der Waals surface area contributed by atoms with E-state index in [2.05, 4.69) is 29.7 Å². The van der Waals surface area contributed by atoms with Gasteiger partial charge in [0.2, 0.25) is 5.91 Å². The van der Waals surface area contributed by atoms with Crippen LogP contribution in [-0.2, 0) is 9.53 Å². The van der Waals surface area contributed by atoms with Crippen LogP contribution >= 0.6 is 11.3 Å². The summed E-state index contributed by atoms with van der Waals surface area (Å²) < 4.78 is 5.41. The fourth-order valence-corrected chi connectivity index (χ4v) is 3.23. The summed E-state index contributed by atoms with van der Waals surface area (Å²) in [5, 5.41) is 6.40. The Hall–Kier alpha value is -0.910. The lowest BCUT2D eigenvalue weighted by molar-refractivity contribution is -0.126. The van der Waals surface area contributed by atoms with Crippen LogP contribution < -0.4 is 10.6 Å². The van der Waals surface area contributed by atoms with Crippen LogP contribution in [0.15, 0.2) is 12.1 Å². The van der Waals surface area contributed by atoms with Gasteiger partial charge in [0.15, 0.2) is 0 Å². The number of aryl methyl sites for hydroxylation is 1. The van der Waals surface area contributed by atoms with Gasteiger partial charge in [0, 0.05) is 15.8 Å². The molecule has 0 spiro atoms. The van der Waals surface area contributed by atoms with Crippen LogP contribution in [0, 0.1) is 12.8 Å². The van der Waals surface area contributed by atoms with Crippen molar-refractivity contribution in [3.05, 3.63) is 21.9 Å². The van der Waals surface area contributed by atoms with Crippen molar-refractivity contribution < 1.29 is 9.53 Å². The molecule has 0 bridgehead atoms. The molecule has 1 fully saturated rings. The Morgan fingerprint density at radius 1 is 1.53 bits per heavy atom. The second kappa shape index (κ2) is 6.50. The van der Waals surface area contributed by atoms with Gasteiger partial charge in [-0.05, 0) is 32.5 Å².